The van der Waals surface area contributed by atoms with Gasteiger partial charge in [0, 0.05) is 25.3 Å². The number of rotatable bonds is 3. The van der Waals surface area contributed by atoms with E-state index in [1.165, 1.54) is 12.1 Å². The molecule has 1 saturated heterocycles. The summed E-state index contributed by atoms with van der Waals surface area (Å²) in [7, 11) is 0. The molecule has 0 bridgehead atoms. The summed E-state index contributed by atoms with van der Waals surface area (Å²) in [6, 6.07) is 4.45. The molecule has 2 rings (SSSR count). The van der Waals surface area contributed by atoms with Crippen molar-refractivity contribution in [2.24, 2.45) is 5.92 Å². The zero-order valence-corrected chi connectivity index (χ0v) is 10.7. The Morgan fingerprint density at radius 2 is 2.17 bits per heavy atom. The number of hydrogen-bond acceptors (Lipinski definition) is 3. The van der Waals surface area contributed by atoms with E-state index in [1.807, 2.05) is 0 Å². The third-order valence-corrected chi connectivity index (χ3v) is 3.40. The predicted octanol–water partition coefficient (Wildman–Crippen LogP) is 2.20. The summed E-state index contributed by atoms with van der Waals surface area (Å²) < 4.78 is 5.26. The van der Waals surface area contributed by atoms with Crippen LogP contribution >= 0.6 is 11.6 Å². The van der Waals surface area contributed by atoms with Gasteiger partial charge in [-0.2, -0.15) is 0 Å². The largest absolute Gasteiger partial charge is 0.506 e. The summed E-state index contributed by atoms with van der Waals surface area (Å²) in [4.78, 5) is 11.9. The van der Waals surface area contributed by atoms with Crippen molar-refractivity contribution in [2.45, 2.75) is 12.8 Å². The number of ether oxygens (including phenoxy) is 1. The molecule has 1 heterocycles. The molecule has 98 valence electrons. The molecule has 1 aromatic carbocycles. The van der Waals surface area contributed by atoms with Gasteiger partial charge in [-0.1, -0.05) is 11.6 Å². The number of carbonyl (C=O) groups is 1. The van der Waals surface area contributed by atoms with Crippen molar-refractivity contribution in [1.82, 2.24) is 5.32 Å². The van der Waals surface area contributed by atoms with Gasteiger partial charge >= 0.3 is 0 Å². The van der Waals surface area contributed by atoms with Crippen molar-refractivity contribution in [1.29, 1.82) is 0 Å². The molecule has 0 unspecified atom stereocenters. The quantitative estimate of drug-likeness (QED) is 0.884. The van der Waals surface area contributed by atoms with Crippen molar-refractivity contribution in [2.75, 3.05) is 19.8 Å². The fraction of sp³-hybridized carbons (Fsp3) is 0.462. The molecule has 0 spiro atoms. The van der Waals surface area contributed by atoms with Gasteiger partial charge < -0.3 is 15.2 Å². The molecule has 0 saturated carbocycles. The first-order chi connectivity index (χ1) is 8.66. The Hall–Kier alpha value is -1.26. The standard InChI is InChI=1S/C13H16ClNO3/c14-11-7-10(1-2-12(11)16)13(17)15-8-9-3-5-18-6-4-9/h1-2,7,9,16H,3-6,8H2,(H,15,17). The number of carbonyl (C=O) groups excluding carboxylic acids is 1. The van der Waals surface area contributed by atoms with Crippen LogP contribution in [0, 0.1) is 5.92 Å². The van der Waals surface area contributed by atoms with Crippen LogP contribution < -0.4 is 5.32 Å². The van der Waals surface area contributed by atoms with Gasteiger partial charge in [0.15, 0.2) is 0 Å². The van der Waals surface area contributed by atoms with Gasteiger partial charge in [-0.15, -0.1) is 0 Å². The Bertz CT molecular complexity index is 430. The molecule has 1 amide bonds. The highest BCUT2D eigenvalue weighted by atomic mass is 35.5. The summed E-state index contributed by atoms with van der Waals surface area (Å²) in [6.45, 7) is 2.19. The van der Waals surface area contributed by atoms with Crippen LogP contribution in [0.25, 0.3) is 0 Å². The van der Waals surface area contributed by atoms with Crippen molar-refractivity contribution in [3.63, 3.8) is 0 Å². The molecule has 5 heteroatoms. The third kappa shape index (κ3) is 3.37. The van der Waals surface area contributed by atoms with E-state index in [2.05, 4.69) is 5.32 Å². The topological polar surface area (TPSA) is 58.6 Å². The molecule has 18 heavy (non-hydrogen) atoms. The highest BCUT2D eigenvalue weighted by Crippen LogP contribution is 2.23. The molecular formula is C13H16ClNO3. The smallest absolute Gasteiger partial charge is 0.251 e. The van der Waals surface area contributed by atoms with Crippen molar-refractivity contribution < 1.29 is 14.6 Å². The van der Waals surface area contributed by atoms with Crippen LogP contribution in [0.4, 0.5) is 0 Å². The van der Waals surface area contributed by atoms with Gasteiger partial charge in [0.2, 0.25) is 0 Å². The lowest BCUT2D eigenvalue weighted by Crippen LogP contribution is -2.32. The second kappa shape index (κ2) is 6.07. The van der Waals surface area contributed by atoms with E-state index in [0.29, 0.717) is 18.0 Å². The molecule has 0 aromatic heterocycles. The molecule has 0 atom stereocenters. The minimum atomic E-state index is -0.164. The Labute approximate surface area is 111 Å². The minimum Gasteiger partial charge on any atom is -0.506 e. The average Bonchev–Trinajstić information content (AvgIpc) is 2.40. The number of halogens is 1. The Kier molecular flexibility index (Phi) is 4.44. The molecule has 1 aliphatic rings. The van der Waals surface area contributed by atoms with Crippen LogP contribution in [0.3, 0.4) is 0 Å². The zero-order chi connectivity index (χ0) is 13.0. The maximum absolute atomic E-state index is 11.9. The summed E-state index contributed by atoms with van der Waals surface area (Å²) in [5.41, 5.74) is 0.463. The molecule has 0 aliphatic carbocycles. The normalized spacial score (nSPS) is 16.5. The van der Waals surface area contributed by atoms with E-state index >= 15 is 0 Å². The fourth-order valence-electron chi connectivity index (χ4n) is 1.94. The van der Waals surface area contributed by atoms with E-state index in [4.69, 9.17) is 16.3 Å². The van der Waals surface area contributed by atoms with Crippen LogP contribution in [0.2, 0.25) is 5.02 Å². The number of amides is 1. The van der Waals surface area contributed by atoms with Gasteiger partial charge in [0.05, 0.1) is 5.02 Å². The molecule has 1 fully saturated rings. The zero-order valence-electron chi connectivity index (χ0n) is 9.99. The Morgan fingerprint density at radius 3 is 2.83 bits per heavy atom. The van der Waals surface area contributed by atoms with E-state index in [1.54, 1.807) is 6.07 Å². The van der Waals surface area contributed by atoms with E-state index in [9.17, 15) is 9.90 Å². The number of aromatic hydroxyl groups is 1. The van der Waals surface area contributed by atoms with E-state index in [-0.39, 0.29) is 16.7 Å². The highest BCUT2D eigenvalue weighted by molar-refractivity contribution is 6.32. The van der Waals surface area contributed by atoms with Crippen molar-refractivity contribution in [3.8, 4) is 5.75 Å². The van der Waals surface area contributed by atoms with Gasteiger partial charge in [-0.3, -0.25) is 4.79 Å². The first kappa shape index (κ1) is 13.2. The van der Waals surface area contributed by atoms with E-state index < -0.39 is 0 Å². The molecule has 1 aliphatic heterocycles. The summed E-state index contributed by atoms with van der Waals surface area (Å²) in [5.74, 6) is 0.302. The molecule has 2 N–H and O–H groups in total. The SMILES string of the molecule is O=C(NCC1CCOCC1)c1ccc(O)c(Cl)c1. The number of nitrogens with one attached hydrogen (secondary N) is 1. The molecule has 1 aromatic rings. The van der Waals surface area contributed by atoms with Gasteiger partial charge in [0.25, 0.3) is 5.91 Å². The maximum Gasteiger partial charge on any atom is 0.251 e. The molecular weight excluding hydrogens is 254 g/mol. The maximum atomic E-state index is 11.9. The fourth-order valence-corrected chi connectivity index (χ4v) is 2.12. The lowest BCUT2D eigenvalue weighted by molar-refractivity contribution is 0.0642. The lowest BCUT2D eigenvalue weighted by atomic mass is 10.0. The van der Waals surface area contributed by atoms with Crippen LogP contribution in [0.5, 0.6) is 5.75 Å². The number of hydrogen-bond donors (Lipinski definition) is 2. The van der Waals surface area contributed by atoms with Crippen molar-refractivity contribution in [3.05, 3.63) is 28.8 Å². The van der Waals surface area contributed by atoms with Crippen molar-refractivity contribution >= 4 is 17.5 Å². The monoisotopic (exact) mass is 269 g/mol. The van der Waals surface area contributed by atoms with Crippen LogP contribution in [0.1, 0.15) is 23.2 Å². The summed E-state index contributed by atoms with van der Waals surface area (Å²) in [6.07, 6.45) is 1.97. The van der Waals surface area contributed by atoms with Crippen LogP contribution in [-0.2, 0) is 4.74 Å². The first-order valence-corrected chi connectivity index (χ1v) is 6.39. The summed E-state index contributed by atoms with van der Waals surface area (Å²) in [5, 5.41) is 12.4. The van der Waals surface area contributed by atoms with Crippen LogP contribution in [0.15, 0.2) is 18.2 Å². The van der Waals surface area contributed by atoms with Gasteiger partial charge in [-0.25, -0.2) is 0 Å². The number of phenolic OH excluding ortho intramolecular Hbond substituents is 1. The molecule has 4 nitrogen and oxygen atoms in total. The second-order valence-electron chi connectivity index (χ2n) is 4.43. The number of benzene rings is 1. The van der Waals surface area contributed by atoms with Crippen LogP contribution in [-0.4, -0.2) is 30.8 Å². The predicted molar refractivity (Wildman–Crippen MR) is 69.0 cm³/mol. The minimum absolute atomic E-state index is 0.0161. The van der Waals surface area contributed by atoms with Gasteiger partial charge in [-0.05, 0) is 37.0 Å². The highest BCUT2D eigenvalue weighted by Gasteiger charge is 2.15. The Morgan fingerprint density at radius 1 is 1.44 bits per heavy atom. The summed E-state index contributed by atoms with van der Waals surface area (Å²) >= 11 is 5.76. The average molecular weight is 270 g/mol. The first-order valence-electron chi connectivity index (χ1n) is 6.01. The second-order valence-corrected chi connectivity index (χ2v) is 4.84. The molecule has 0 radical (unpaired) electrons. The Balaban J connectivity index is 1.88. The third-order valence-electron chi connectivity index (χ3n) is 3.10. The number of phenols is 1. The lowest BCUT2D eigenvalue weighted by Gasteiger charge is -2.22. The van der Waals surface area contributed by atoms with E-state index in [0.717, 1.165) is 26.1 Å². The van der Waals surface area contributed by atoms with Gasteiger partial charge in [0.1, 0.15) is 5.75 Å².